The zero-order chi connectivity index (χ0) is 15.2. The molecule has 1 aliphatic carbocycles. The van der Waals surface area contributed by atoms with Crippen molar-refractivity contribution < 1.29 is 9.59 Å². The minimum atomic E-state index is -0.421. The molecule has 4 nitrogen and oxygen atoms in total. The summed E-state index contributed by atoms with van der Waals surface area (Å²) in [6.07, 6.45) is 0.958. The molecule has 1 saturated carbocycles. The highest BCUT2D eigenvalue weighted by Gasteiger charge is 2.50. The molecule has 112 valence electrons. The molecule has 0 bridgehead atoms. The normalized spacial score (nSPS) is 29.3. The first kappa shape index (κ1) is 14.1. The highest BCUT2D eigenvalue weighted by atomic mass is 16.2. The summed E-state index contributed by atoms with van der Waals surface area (Å²) in [5.74, 6) is 0.389. The summed E-state index contributed by atoms with van der Waals surface area (Å²) in [7, 11) is 0. The lowest BCUT2D eigenvalue weighted by molar-refractivity contribution is -0.148. The van der Waals surface area contributed by atoms with Gasteiger partial charge in [0.1, 0.15) is 6.04 Å². The molecule has 2 aliphatic rings. The molecule has 1 aromatic rings. The van der Waals surface area contributed by atoms with E-state index in [-0.39, 0.29) is 29.8 Å². The van der Waals surface area contributed by atoms with Crippen molar-refractivity contribution in [3.63, 3.8) is 0 Å². The molecule has 3 unspecified atom stereocenters. The average Bonchev–Trinajstić information content (AvgIpc) is 3.21. The zero-order valence-electron chi connectivity index (χ0n) is 12.8. The maximum atomic E-state index is 12.7. The van der Waals surface area contributed by atoms with Crippen molar-refractivity contribution in [2.45, 2.75) is 45.2 Å². The van der Waals surface area contributed by atoms with E-state index in [9.17, 15) is 9.59 Å². The summed E-state index contributed by atoms with van der Waals surface area (Å²) in [5, 5.41) is 2.84. The summed E-state index contributed by atoms with van der Waals surface area (Å²) >= 11 is 0. The molecule has 2 fully saturated rings. The fourth-order valence-electron chi connectivity index (χ4n) is 3.12. The Labute approximate surface area is 125 Å². The molecule has 1 N–H and O–H groups in total. The zero-order valence-corrected chi connectivity index (χ0v) is 12.8. The van der Waals surface area contributed by atoms with Gasteiger partial charge in [-0.3, -0.25) is 9.59 Å². The van der Waals surface area contributed by atoms with Crippen molar-refractivity contribution in [2.24, 2.45) is 5.41 Å². The Morgan fingerprint density at radius 2 is 1.81 bits per heavy atom. The Balaban J connectivity index is 1.77. The van der Waals surface area contributed by atoms with Crippen LogP contribution in [0.4, 0.5) is 0 Å². The lowest BCUT2D eigenvalue weighted by Gasteiger charge is -2.39. The van der Waals surface area contributed by atoms with Gasteiger partial charge in [0.15, 0.2) is 0 Å². The van der Waals surface area contributed by atoms with Crippen LogP contribution in [0.3, 0.4) is 0 Å². The topological polar surface area (TPSA) is 49.4 Å². The number of benzene rings is 1. The van der Waals surface area contributed by atoms with E-state index in [0.29, 0.717) is 5.92 Å². The molecule has 3 atom stereocenters. The van der Waals surface area contributed by atoms with Crippen LogP contribution >= 0.6 is 0 Å². The van der Waals surface area contributed by atoms with Crippen LogP contribution in [0.1, 0.15) is 38.7 Å². The number of carbonyl (C=O) groups excluding carboxylic acids is 2. The Morgan fingerprint density at radius 3 is 2.43 bits per heavy atom. The minimum absolute atomic E-state index is 0.0479. The van der Waals surface area contributed by atoms with Crippen molar-refractivity contribution in [1.82, 2.24) is 10.2 Å². The fraction of sp³-hybridized carbons (Fsp3) is 0.529. The van der Waals surface area contributed by atoms with E-state index in [0.717, 1.165) is 6.42 Å². The van der Waals surface area contributed by atoms with Gasteiger partial charge in [0, 0.05) is 12.0 Å². The summed E-state index contributed by atoms with van der Waals surface area (Å²) in [5.41, 5.74) is 0.997. The number of nitrogens with one attached hydrogen (secondary N) is 1. The van der Waals surface area contributed by atoms with Crippen LogP contribution in [0.25, 0.3) is 0 Å². The SMILES string of the molecule is CC(C)(C)C1NC(=O)CN(C2CC2c2ccccc2)C1=O. The van der Waals surface area contributed by atoms with Crippen LogP contribution < -0.4 is 5.32 Å². The third kappa shape index (κ3) is 2.67. The van der Waals surface area contributed by atoms with Crippen molar-refractivity contribution in [2.75, 3.05) is 6.54 Å². The first-order chi connectivity index (χ1) is 9.88. The molecular formula is C17H22N2O2. The second-order valence-corrected chi connectivity index (χ2v) is 7.15. The van der Waals surface area contributed by atoms with Crippen molar-refractivity contribution >= 4 is 11.8 Å². The van der Waals surface area contributed by atoms with Gasteiger partial charge in [0.05, 0.1) is 6.54 Å². The maximum absolute atomic E-state index is 12.7. The van der Waals surface area contributed by atoms with Crippen LogP contribution in [-0.4, -0.2) is 35.3 Å². The Hall–Kier alpha value is -1.84. The Bertz CT molecular complexity index is 562. The number of piperazine rings is 1. The second-order valence-electron chi connectivity index (χ2n) is 7.15. The quantitative estimate of drug-likeness (QED) is 0.903. The molecule has 4 heteroatoms. The largest absolute Gasteiger partial charge is 0.342 e. The van der Waals surface area contributed by atoms with Crippen LogP contribution in [0.15, 0.2) is 30.3 Å². The van der Waals surface area contributed by atoms with Gasteiger partial charge in [-0.2, -0.15) is 0 Å². The maximum Gasteiger partial charge on any atom is 0.246 e. The van der Waals surface area contributed by atoms with Gasteiger partial charge in [-0.05, 0) is 17.4 Å². The van der Waals surface area contributed by atoms with Gasteiger partial charge in [-0.15, -0.1) is 0 Å². The van der Waals surface area contributed by atoms with E-state index >= 15 is 0 Å². The van der Waals surface area contributed by atoms with Gasteiger partial charge in [0.25, 0.3) is 0 Å². The van der Waals surface area contributed by atoms with Crippen LogP contribution in [0.5, 0.6) is 0 Å². The number of hydrogen-bond donors (Lipinski definition) is 1. The van der Waals surface area contributed by atoms with E-state index in [1.54, 1.807) is 4.90 Å². The number of carbonyl (C=O) groups is 2. The number of hydrogen-bond acceptors (Lipinski definition) is 2. The van der Waals surface area contributed by atoms with E-state index in [1.807, 2.05) is 39.0 Å². The van der Waals surface area contributed by atoms with Gasteiger partial charge < -0.3 is 10.2 Å². The highest BCUT2D eigenvalue weighted by molar-refractivity contribution is 5.95. The first-order valence-corrected chi connectivity index (χ1v) is 7.53. The Morgan fingerprint density at radius 1 is 1.14 bits per heavy atom. The summed E-state index contributed by atoms with van der Waals surface area (Å²) in [6, 6.07) is 9.99. The number of amides is 2. The van der Waals surface area contributed by atoms with E-state index in [2.05, 4.69) is 17.4 Å². The molecule has 2 amide bonds. The van der Waals surface area contributed by atoms with Crippen molar-refractivity contribution in [3.05, 3.63) is 35.9 Å². The molecule has 1 aromatic carbocycles. The van der Waals surface area contributed by atoms with Gasteiger partial charge in [-0.25, -0.2) is 0 Å². The molecule has 0 spiro atoms. The molecule has 21 heavy (non-hydrogen) atoms. The number of nitrogens with zero attached hydrogens (tertiary/aromatic N) is 1. The van der Waals surface area contributed by atoms with E-state index in [4.69, 9.17) is 0 Å². The van der Waals surface area contributed by atoms with Crippen LogP contribution in [-0.2, 0) is 9.59 Å². The minimum Gasteiger partial charge on any atom is -0.342 e. The summed E-state index contributed by atoms with van der Waals surface area (Å²) in [6.45, 7) is 6.15. The molecule has 1 heterocycles. The molecular weight excluding hydrogens is 264 g/mol. The standard InChI is InChI=1S/C17H22N2O2/c1-17(2,3)15-16(21)19(10-14(20)18-15)13-9-12(13)11-7-5-4-6-8-11/h4-8,12-13,15H,9-10H2,1-3H3,(H,18,20). The first-order valence-electron chi connectivity index (χ1n) is 7.53. The second kappa shape index (κ2) is 4.86. The highest BCUT2D eigenvalue weighted by Crippen LogP contribution is 2.45. The fourth-order valence-corrected chi connectivity index (χ4v) is 3.12. The lowest BCUT2D eigenvalue weighted by atomic mass is 9.84. The smallest absolute Gasteiger partial charge is 0.246 e. The predicted octanol–water partition coefficient (Wildman–Crippen LogP) is 1.92. The molecule has 0 radical (unpaired) electrons. The molecule has 0 aromatic heterocycles. The van der Waals surface area contributed by atoms with Gasteiger partial charge in [0.2, 0.25) is 11.8 Å². The molecule has 1 aliphatic heterocycles. The van der Waals surface area contributed by atoms with Crippen molar-refractivity contribution in [1.29, 1.82) is 0 Å². The van der Waals surface area contributed by atoms with Gasteiger partial charge >= 0.3 is 0 Å². The van der Waals surface area contributed by atoms with Crippen molar-refractivity contribution in [3.8, 4) is 0 Å². The average molecular weight is 286 g/mol. The Kier molecular flexibility index (Phi) is 3.27. The van der Waals surface area contributed by atoms with Gasteiger partial charge in [-0.1, -0.05) is 51.1 Å². The van der Waals surface area contributed by atoms with Crippen LogP contribution in [0.2, 0.25) is 0 Å². The summed E-state index contributed by atoms with van der Waals surface area (Å²) in [4.78, 5) is 26.4. The lowest BCUT2D eigenvalue weighted by Crippen LogP contribution is -2.62. The van der Waals surface area contributed by atoms with Crippen LogP contribution in [0, 0.1) is 5.41 Å². The monoisotopic (exact) mass is 286 g/mol. The number of rotatable bonds is 2. The predicted molar refractivity (Wildman–Crippen MR) is 80.7 cm³/mol. The molecule has 3 rings (SSSR count). The van der Waals surface area contributed by atoms with E-state index < -0.39 is 6.04 Å². The summed E-state index contributed by atoms with van der Waals surface area (Å²) < 4.78 is 0. The third-order valence-electron chi connectivity index (χ3n) is 4.40. The van der Waals surface area contributed by atoms with E-state index in [1.165, 1.54) is 5.56 Å². The third-order valence-corrected chi connectivity index (χ3v) is 4.40. The molecule has 1 saturated heterocycles.